The molecule has 30 heavy (non-hydrogen) atoms. The molecule has 3 heterocycles. The summed E-state index contributed by atoms with van der Waals surface area (Å²) in [5.41, 5.74) is 3.53. The normalized spacial score (nSPS) is 19.7. The smallest absolute Gasteiger partial charge is 0.414 e. The predicted molar refractivity (Wildman–Crippen MR) is 109 cm³/mol. The van der Waals surface area contributed by atoms with E-state index in [1.807, 2.05) is 4.90 Å². The van der Waals surface area contributed by atoms with Crippen molar-refractivity contribution in [1.29, 1.82) is 0 Å². The highest BCUT2D eigenvalue weighted by molar-refractivity contribution is 6.53. The summed E-state index contributed by atoms with van der Waals surface area (Å²) >= 11 is 11.0. The molecule has 1 atom stereocenters. The molecule has 3 rings (SSSR count). The second-order valence-corrected chi connectivity index (χ2v) is 7.73. The van der Waals surface area contributed by atoms with Crippen LogP contribution in [0.5, 0.6) is 0 Å². The zero-order valence-corrected chi connectivity index (χ0v) is 17.5. The first-order valence-electron chi connectivity index (χ1n) is 9.28. The van der Waals surface area contributed by atoms with E-state index in [1.54, 1.807) is 18.3 Å². The van der Waals surface area contributed by atoms with Crippen LogP contribution in [0.25, 0.3) is 0 Å². The Morgan fingerprint density at radius 2 is 2.13 bits per heavy atom. The summed E-state index contributed by atoms with van der Waals surface area (Å²) in [6, 6.07) is 3.54. The summed E-state index contributed by atoms with van der Waals surface area (Å²) in [6.45, 7) is 1.90. The van der Waals surface area contributed by atoms with E-state index in [-0.39, 0.29) is 19.0 Å². The minimum absolute atomic E-state index is 0.104. The summed E-state index contributed by atoms with van der Waals surface area (Å²) in [6.07, 6.45) is 0.509. The molecule has 3 amide bonds. The standard InChI is InChI=1S/C17H22Cl2N6O5/c18-15(19)16(28)21-8-12-9-24(17(29)30-12)11-1-2-13(20-7-11)23-4-3-22-25(6-5-23)14(27)10-26/h1-2,7,12,15,22,26H,3-6,8-10H2,(H,21,28)/t12-/m0/s1. The maximum atomic E-state index is 12.2. The minimum Gasteiger partial charge on any atom is -0.442 e. The molecule has 2 fully saturated rings. The summed E-state index contributed by atoms with van der Waals surface area (Å²) in [5.74, 6) is -0.235. The van der Waals surface area contributed by atoms with Crippen LogP contribution in [0.15, 0.2) is 18.3 Å². The van der Waals surface area contributed by atoms with Gasteiger partial charge in [0.25, 0.3) is 11.8 Å². The van der Waals surface area contributed by atoms with Crippen LogP contribution in [0.3, 0.4) is 0 Å². The maximum Gasteiger partial charge on any atom is 0.414 e. The topological polar surface area (TPSA) is 127 Å². The van der Waals surface area contributed by atoms with Gasteiger partial charge in [0.1, 0.15) is 18.5 Å². The Kier molecular flexibility index (Phi) is 7.53. The number of rotatable bonds is 6. The molecule has 164 valence electrons. The van der Waals surface area contributed by atoms with Gasteiger partial charge >= 0.3 is 6.09 Å². The van der Waals surface area contributed by atoms with Crippen molar-refractivity contribution < 1.29 is 24.2 Å². The number of halogens is 2. The van der Waals surface area contributed by atoms with Crippen molar-refractivity contribution in [2.24, 2.45) is 0 Å². The number of carbonyl (C=O) groups is 3. The van der Waals surface area contributed by atoms with Crippen LogP contribution in [-0.2, 0) is 14.3 Å². The molecular weight excluding hydrogens is 439 g/mol. The molecule has 2 aliphatic heterocycles. The van der Waals surface area contributed by atoms with Gasteiger partial charge < -0.3 is 20.1 Å². The van der Waals surface area contributed by atoms with E-state index in [2.05, 4.69) is 15.7 Å². The fraction of sp³-hybridized carbons (Fsp3) is 0.529. The Morgan fingerprint density at radius 1 is 1.33 bits per heavy atom. The fourth-order valence-corrected chi connectivity index (χ4v) is 3.27. The van der Waals surface area contributed by atoms with E-state index in [0.717, 1.165) is 0 Å². The summed E-state index contributed by atoms with van der Waals surface area (Å²) < 4.78 is 5.25. The second-order valence-electron chi connectivity index (χ2n) is 6.64. The molecule has 0 bridgehead atoms. The molecule has 1 aromatic heterocycles. The van der Waals surface area contributed by atoms with Crippen LogP contribution in [-0.4, -0.2) is 89.8 Å². The number of pyridine rings is 1. The number of hydrogen-bond donors (Lipinski definition) is 3. The molecule has 0 unspecified atom stereocenters. The van der Waals surface area contributed by atoms with Crippen molar-refractivity contribution in [3.63, 3.8) is 0 Å². The van der Waals surface area contributed by atoms with Crippen molar-refractivity contribution in [2.45, 2.75) is 10.9 Å². The number of nitrogens with one attached hydrogen (secondary N) is 2. The highest BCUT2D eigenvalue weighted by atomic mass is 35.5. The fourth-order valence-electron chi connectivity index (χ4n) is 3.11. The number of nitrogens with zero attached hydrogens (tertiary/aromatic N) is 4. The number of aliphatic hydroxyl groups excluding tert-OH is 1. The molecule has 2 aliphatic rings. The second kappa shape index (κ2) is 10.1. The minimum atomic E-state index is -1.18. The molecule has 0 spiro atoms. The van der Waals surface area contributed by atoms with Crippen molar-refractivity contribution >= 4 is 52.6 Å². The average Bonchev–Trinajstić information content (AvgIpc) is 2.95. The molecule has 0 aliphatic carbocycles. The number of aliphatic hydroxyl groups is 1. The van der Waals surface area contributed by atoms with Crippen LogP contribution in [0, 0.1) is 0 Å². The summed E-state index contributed by atoms with van der Waals surface area (Å²) in [7, 11) is 0. The Hall–Kier alpha value is -2.34. The molecule has 11 nitrogen and oxygen atoms in total. The van der Waals surface area contributed by atoms with E-state index in [9.17, 15) is 14.4 Å². The highest BCUT2D eigenvalue weighted by Gasteiger charge is 2.33. The van der Waals surface area contributed by atoms with Crippen LogP contribution in [0.1, 0.15) is 0 Å². The lowest BCUT2D eigenvalue weighted by atomic mass is 10.3. The third-order valence-electron chi connectivity index (χ3n) is 4.66. The Labute approximate surface area is 182 Å². The van der Waals surface area contributed by atoms with Gasteiger partial charge in [0.2, 0.25) is 0 Å². The van der Waals surface area contributed by atoms with E-state index in [0.29, 0.717) is 37.7 Å². The molecule has 3 N–H and O–H groups in total. The third-order valence-corrected chi connectivity index (χ3v) is 5.05. The number of ether oxygens (including phenoxy) is 1. The number of aromatic nitrogens is 1. The van der Waals surface area contributed by atoms with Crippen molar-refractivity contribution in [3.05, 3.63) is 18.3 Å². The van der Waals surface area contributed by atoms with Gasteiger partial charge in [-0.15, -0.1) is 0 Å². The molecule has 13 heteroatoms. The third kappa shape index (κ3) is 5.42. The summed E-state index contributed by atoms with van der Waals surface area (Å²) in [4.78, 5) is 41.9. The number of cyclic esters (lactones) is 1. The van der Waals surface area contributed by atoms with Gasteiger partial charge in [0.15, 0.2) is 4.84 Å². The average molecular weight is 461 g/mol. The monoisotopic (exact) mass is 460 g/mol. The van der Waals surface area contributed by atoms with E-state index in [4.69, 9.17) is 33.0 Å². The van der Waals surface area contributed by atoms with Crippen molar-refractivity contribution in [2.75, 3.05) is 55.7 Å². The van der Waals surface area contributed by atoms with Gasteiger partial charge in [0, 0.05) is 19.6 Å². The first kappa shape index (κ1) is 22.3. The van der Waals surface area contributed by atoms with Crippen molar-refractivity contribution in [3.8, 4) is 0 Å². The van der Waals surface area contributed by atoms with Crippen LogP contribution < -0.4 is 20.5 Å². The number of hydrazine groups is 1. The first-order valence-corrected chi connectivity index (χ1v) is 10.2. The van der Waals surface area contributed by atoms with Gasteiger partial charge in [-0.25, -0.2) is 15.2 Å². The van der Waals surface area contributed by atoms with Gasteiger partial charge in [-0.2, -0.15) is 0 Å². The van der Waals surface area contributed by atoms with Gasteiger partial charge in [-0.3, -0.25) is 19.5 Å². The van der Waals surface area contributed by atoms with Gasteiger partial charge in [-0.05, 0) is 12.1 Å². The molecule has 1 aromatic rings. The lowest BCUT2D eigenvalue weighted by molar-refractivity contribution is -0.137. The number of carbonyl (C=O) groups excluding carboxylic acids is 3. The number of amides is 3. The Balaban J connectivity index is 1.57. The Morgan fingerprint density at radius 3 is 2.80 bits per heavy atom. The lowest BCUT2D eigenvalue weighted by Crippen LogP contribution is -2.45. The quantitative estimate of drug-likeness (QED) is 0.483. The Bertz CT molecular complexity index is 780. The molecule has 0 radical (unpaired) electrons. The predicted octanol–water partition coefficient (Wildman–Crippen LogP) is -0.528. The van der Waals surface area contributed by atoms with E-state index >= 15 is 0 Å². The largest absolute Gasteiger partial charge is 0.442 e. The van der Waals surface area contributed by atoms with Crippen LogP contribution in [0.2, 0.25) is 0 Å². The molecular formula is C17H22Cl2N6O5. The van der Waals surface area contributed by atoms with E-state index in [1.165, 1.54) is 9.91 Å². The van der Waals surface area contributed by atoms with Crippen LogP contribution in [0.4, 0.5) is 16.3 Å². The zero-order chi connectivity index (χ0) is 21.7. The first-order chi connectivity index (χ1) is 14.4. The van der Waals surface area contributed by atoms with Gasteiger partial charge in [0.05, 0.1) is 31.5 Å². The molecule has 2 saturated heterocycles. The van der Waals surface area contributed by atoms with Crippen molar-refractivity contribution in [1.82, 2.24) is 20.7 Å². The summed E-state index contributed by atoms with van der Waals surface area (Å²) in [5, 5.41) is 12.9. The van der Waals surface area contributed by atoms with Crippen LogP contribution >= 0.6 is 23.2 Å². The lowest BCUT2D eigenvalue weighted by Gasteiger charge is -2.22. The molecule has 0 saturated carbocycles. The van der Waals surface area contributed by atoms with E-state index < -0.39 is 29.5 Å². The number of hydrogen-bond acceptors (Lipinski definition) is 8. The highest BCUT2D eigenvalue weighted by Crippen LogP contribution is 2.23. The van der Waals surface area contributed by atoms with Gasteiger partial charge in [-0.1, -0.05) is 23.2 Å². The SMILES string of the molecule is O=C(NC[C@H]1CN(c2ccc(N3CCNN(C(=O)CO)CC3)nc2)C(=O)O1)C(Cl)Cl. The number of anilines is 2. The molecule has 0 aromatic carbocycles. The number of alkyl halides is 2. The maximum absolute atomic E-state index is 12.2. The zero-order valence-electron chi connectivity index (χ0n) is 16.0.